The Hall–Kier alpha value is -2.02. The highest BCUT2D eigenvalue weighted by molar-refractivity contribution is 7.15. The molecule has 1 unspecified atom stereocenters. The van der Waals surface area contributed by atoms with E-state index in [2.05, 4.69) is 29.4 Å². The van der Waals surface area contributed by atoms with Crippen molar-refractivity contribution in [2.24, 2.45) is 5.92 Å². The maximum Gasteiger partial charge on any atom is 0.274 e. The molecule has 1 atom stereocenters. The first-order chi connectivity index (χ1) is 9.97. The van der Waals surface area contributed by atoms with Gasteiger partial charge >= 0.3 is 0 Å². The lowest BCUT2D eigenvalue weighted by atomic mass is 10.1. The van der Waals surface area contributed by atoms with Crippen molar-refractivity contribution in [3.05, 3.63) is 45.0 Å². The maximum atomic E-state index is 11.1. The largest absolute Gasteiger partial charge is 0.353 e. The summed E-state index contributed by atoms with van der Waals surface area (Å²) in [5, 5.41) is 24.1. The lowest BCUT2D eigenvalue weighted by Gasteiger charge is -2.12. The van der Waals surface area contributed by atoms with Crippen molar-refractivity contribution >= 4 is 22.2 Å². The topological polar surface area (TPSA) is 81.0 Å². The molecule has 1 aromatic heterocycles. The second-order valence-electron chi connectivity index (χ2n) is 5.28. The Kier molecular flexibility index (Phi) is 4.85. The fraction of sp³-hybridized carbons (Fsp3) is 0.429. The molecule has 1 heterocycles. The summed E-state index contributed by atoms with van der Waals surface area (Å²) in [6, 6.07) is 6.53. The SMILES string of the molecule is CC(C)Cc1nnc(NC(C)c2ccccc2[N+](=O)[O-])s1. The Labute approximate surface area is 127 Å². The molecule has 2 aromatic rings. The molecule has 0 aliphatic heterocycles. The van der Waals surface area contributed by atoms with E-state index in [1.54, 1.807) is 18.2 Å². The van der Waals surface area contributed by atoms with Crippen LogP contribution in [0.4, 0.5) is 10.8 Å². The van der Waals surface area contributed by atoms with Gasteiger partial charge in [-0.2, -0.15) is 0 Å². The number of nitrogens with zero attached hydrogens (tertiary/aromatic N) is 3. The first kappa shape index (κ1) is 15.4. The standard InChI is InChI=1S/C14H18N4O2S/c1-9(2)8-13-16-17-14(21-13)15-10(3)11-6-4-5-7-12(11)18(19)20/h4-7,9-10H,8H2,1-3H3,(H,15,17). The van der Waals surface area contributed by atoms with Crippen molar-refractivity contribution in [2.75, 3.05) is 5.32 Å². The van der Waals surface area contributed by atoms with Gasteiger partial charge in [-0.05, 0) is 12.8 Å². The average molecular weight is 306 g/mol. The number of nitrogens with one attached hydrogen (secondary N) is 1. The van der Waals surface area contributed by atoms with Crippen LogP contribution in [0, 0.1) is 16.0 Å². The molecule has 0 amide bonds. The maximum absolute atomic E-state index is 11.1. The molecule has 0 radical (unpaired) electrons. The smallest absolute Gasteiger partial charge is 0.274 e. The van der Waals surface area contributed by atoms with Crippen LogP contribution in [0.15, 0.2) is 24.3 Å². The van der Waals surface area contributed by atoms with Gasteiger partial charge in [0.25, 0.3) is 5.69 Å². The van der Waals surface area contributed by atoms with Gasteiger partial charge in [-0.1, -0.05) is 43.4 Å². The third kappa shape index (κ3) is 3.98. The predicted octanol–water partition coefficient (Wildman–Crippen LogP) is 3.82. The fourth-order valence-corrected chi connectivity index (χ4v) is 3.07. The highest BCUT2D eigenvalue weighted by Crippen LogP contribution is 2.28. The molecule has 6 nitrogen and oxygen atoms in total. The Bertz CT molecular complexity index is 627. The van der Waals surface area contributed by atoms with Gasteiger partial charge < -0.3 is 5.32 Å². The van der Waals surface area contributed by atoms with Gasteiger partial charge in [-0.15, -0.1) is 10.2 Å². The number of nitro groups is 1. The number of benzene rings is 1. The molecule has 0 bridgehead atoms. The van der Waals surface area contributed by atoms with Gasteiger partial charge in [0.15, 0.2) is 0 Å². The lowest BCUT2D eigenvalue weighted by Crippen LogP contribution is -2.08. The zero-order valence-electron chi connectivity index (χ0n) is 12.2. The van der Waals surface area contributed by atoms with Crippen molar-refractivity contribution in [3.8, 4) is 0 Å². The number of nitro benzene ring substituents is 1. The summed E-state index contributed by atoms with van der Waals surface area (Å²) in [5.41, 5.74) is 0.757. The quantitative estimate of drug-likeness (QED) is 0.648. The molecule has 7 heteroatoms. The number of aromatic nitrogens is 2. The summed E-state index contributed by atoms with van der Waals surface area (Å²) >= 11 is 1.50. The Morgan fingerprint density at radius 3 is 2.67 bits per heavy atom. The summed E-state index contributed by atoms with van der Waals surface area (Å²) < 4.78 is 0. The summed E-state index contributed by atoms with van der Waals surface area (Å²) in [5.74, 6) is 0.526. The summed E-state index contributed by atoms with van der Waals surface area (Å²) in [6.07, 6.45) is 0.888. The van der Waals surface area contributed by atoms with Crippen LogP contribution in [0.2, 0.25) is 0 Å². The van der Waals surface area contributed by atoms with Gasteiger partial charge in [0.05, 0.1) is 16.5 Å². The first-order valence-corrected chi connectivity index (χ1v) is 7.61. The van der Waals surface area contributed by atoms with Gasteiger partial charge in [0, 0.05) is 12.5 Å². The Morgan fingerprint density at radius 1 is 1.29 bits per heavy atom. The normalized spacial score (nSPS) is 12.4. The van der Waals surface area contributed by atoms with E-state index in [0.717, 1.165) is 11.4 Å². The highest BCUT2D eigenvalue weighted by Gasteiger charge is 2.19. The molecule has 0 spiro atoms. The van der Waals surface area contributed by atoms with Crippen LogP contribution in [0.1, 0.15) is 37.4 Å². The molecular formula is C14H18N4O2S. The van der Waals surface area contributed by atoms with Crippen molar-refractivity contribution in [1.82, 2.24) is 10.2 Å². The lowest BCUT2D eigenvalue weighted by molar-refractivity contribution is -0.385. The van der Waals surface area contributed by atoms with Crippen molar-refractivity contribution < 1.29 is 4.92 Å². The monoisotopic (exact) mass is 306 g/mol. The summed E-state index contributed by atoms with van der Waals surface area (Å²) in [4.78, 5) is 10.7. The van der Waals surface area contributed by atoms with E-state index in [0.29, 0.717) is 16.6 Å². The number of para-hydroxylation sites is 1. The van der Waals surface area contributed by atoms with Crippen molar-refractivity contribution in [3.63, 3.8) is 0 Å². The van der Waals surface area contributed by atoms with Crippen LogP contribution in [-0.2, 0) is 6.42 Å². The van der Waals surface area contributed by atoms with Crippen LogP contribution in [0.3, 0.4) is 0 Å². The van der Waals surface area contributed by atoms with Crippen LogP contribution in [-0.4, -0.2) is 15.1 Å². The second-order valence-corrected chi connectivity index (χ2v) is 6.34. The molecule has 1 N–H and O–H groups in total. The van der Waals surface area contributed by atoms with E-state index >= 15 is 0 Å². The number of hydrogen-bond donors (Lipinski definition) is 1. The number of anilines is 1. The van der Waals surface area contributed by atoms with E-state index in [1.165, 1.54) is 17.4 Å². The molecule has 2 rings (SSSR count). The molecule has 112 valence electrons. The molecular weight excluding hydrogens is 288 g/mol. The average Bonchev–Trinajstić information content (AvgIpc) is 2.85. The zero-order chi connectivity index (χ0) is 15.4. The minimum atomic E-state index is -0.363. The summed E-state index contributed by atoms with van der Waals surface area (Å²) in [6.45, 7) is 6.14. The van der Waals surface area contributed by atoms with Gasteiger partial charge in [-0.3, -0.25) is 10.1 Å². The van der Waals surface area contributed by atoms with Crippen molar-refractivity contribution in [2.45, 2.75) is 33.2 Å². The fourth-order valence-electron chi connectivity index (χ4n) is 2.03. The number of hydrogen-bond acceptors (Lipinski definition) is 6. The predicted molar refractivity (Wildman–Crippen MR) is 83.6 cm³/mol. The zero-order valence-corrected chi connectivity index (χ0v) is 13.1. The van der Waals surface area contributed by atoms with E-state index in [9.17, 15) is 10.1 Å². The van der Waals surface area contributed by atoms with Gasteiger partial charge in [0.1, 0.15) is 5.01 Å². The highest BCUT2D eigenvalue weighted by atomic mass is 32.1. The van der Waals surface area contributed by atoms with Gasteiger partial charge in [0.2, 0.25) is 5.13 Å². The molecule has 0 saturated heterocycles. The minimum Gasteiger partial charge on any atom is -0.353 e. The molecule has 0 fully saturated rings. The van der Waals surface area contributed by atoms with Gasteiger partial charge in [-0.25, -0.2) is 0 Å². The second kappa shape index (κ2) is 6.62. The molecule has 0 aliphatic carbocycles. The van der Waals surface area contributed by atoms with E-state index in [1.807, 2.05) is 6.92 Å². The molecule has 0 saturated carbocycles. The van der Waals surface area contributed by atoms with Crippen LogP contribution >= 0.6 is 11.3 Å². The van der Waals surface area contributed by atoms with Crippen LogP contribution in [0.25, 0.3) is 0 Å². The van der Waals surface area contributed by atoms with Crippen LogP contribution < -0.4 is 5.32 Å². The Morgan fingerprint density at radius 2 is 2.00 bits per heavy atom. The molecule has 0 aliphatic rings. The minimum absolute atomic E-state index is 0.115. The first-order valence-electron chi connectivity index (χ1n) is 6.79. The van der Waals surface area contributed by atoms with E-state index in [4.69, 9.17) is 0 Å². The van der Waals surface area contributed by atoms with E-state index < -0.39 is 0 Å². The Balaban J connectivity index is 2.13. The van der Waals surface area contributed by atoms with E-state index in [-0.39, 0.29) is 16.7 Å². The third-order valence-corrected chi connectivity index (χ3v) is 3.87. The molecule has 1 aromatic carbocycles. The number of rotatable bonds is 6. The summed E-state index contributed by atoms with van der Waals surface area (Å²) in [7, 11) is 0. The third-order valence-electron chi connectivity index (χ3n) is 2.99. The molecule has 21 heavy (non-hydrogen) atoms. The van der Waals surface area contributed by atoms with Crippen molar-refractivity contribution in [1.29, 1.82) is 0 Å². The van der Waals surface area contributed by atoms with Crippen LogP contribution in [0.5, 0.6) is 0 Å².